The van der Waals surface area contributed by atoms with Gasteiger partial charge in [-0.2, -0.15) is 0 Å². The third-order valence-corrected chi connectivity index (χ3v) is 2.15. The van der Waals surface area contributed by atoms with Crippen LogP contribution < -0.4 is 0 Å². The molecule has 0 aromatic heterocycles. The maximum absolute atomic E-state index is 11.3. The molecule has 2 heteroatoms. The molecule has 0 heterocycles. The van der Waals surface area contributed by atoms with Crippen molar-refractivity contribution in [2.24, 2.45) is 0 Å². The minimum atomic E-state index is 0.108. The maximum atomic E-state index is 11.3. The summed E-state index contributed by atoms with van der Waals surface area (Å²) in [5.74, 6) is 0.239. The van der Waals surface area contributed by atoms with Gasteiger partial charge >= 0.3 is 0 Å². The molecule has 0 aliphatic carbocycles. The van der Waals surface area contributed by atoms with Gasteiger partial charge in [-0.25, -0.2) is 0 Å². The zero-order valence-electron chi connectivity index (χ0n) is 8.28. The lowest BCUT2D eigenvalue weighted by atomic mass is 10.1. The Hall–Kier alpha value is -1.15. The van der Waals surface area contributed by atoms with E-state index in [0.717, 1.165) is 6.42 Å². The number of hydrogen-bond donors (Lipinski definition) is 1. The molecule has 1 aromatic rings. The van der Waals surface area contributed by atoms with E-state index in [4.69, 9.17) is 5.11 Å². The predicted octanol–water partition coefficient (Wildman–Crippen LogP) is 1.96. The molecule has 0 saturated carbocycles. The number of rotatable bonds is 6. The summed E-state index contributed by atoms with van der Waals surface area (Å²) >= 11 is 0. The van der Waals surface area contributed by atoms with Crippen LogP contribution in [0.5, 0.6) is 0 Å². The minimum absolute atomic E-state index is 0.108. The molecule has 14 heavy (non-hydrogen) atoms. The number of carbonyl (C=O) groups excluding carboxylic acids is 1. The van der Waals surface area contributed by atoms with Crippen molar-refractivity contribution in [1.29, 1.82) is 0 Å². The fraction of sp³-hybridized carbons (Fsp3) is 0.417. The first-order valence-electron chi connectivity index (χ1n) is 4.99. The van der Waals surface area contributed by atoms with E-state index < -0.39 is 0 Å². The van der Waals surface area contributed by atoms with Crippen LogP contribution in [0.25, 0.3) is 0 Å². The Labute approximate surface area is 84.6 Å². The minimum Gasteiger partial charge on any atom is -0.396 e. The Balaban J connectivity index is 2.24. The highest BCUT2D eigenvalue weighted by Crippen LogP contribution is 2.04. The Morgan fingerprint density at radius 2 is 1.86 bits per heavy atom. The fourth-order valence-corrected chi connectivity index (χ4v) is 1.33. The fourth-order valence-electron chi connectivity index (χ4n) is 1.33. The topological polar surface area (TPSA) is 37.3 Å². The molecule has 0 fully saturated rings. The van der Waals surface area contributed by atoms with E-state index in [9.17, 15) is 4.79 Å². The molecule has 0 amide bonds. The molecule has 0 aliphatic rings. The van der Waals surface area contributed by atoms with E-state index in [-0.39, 0.29) is 12.4 Å². The number of hydrogen-bond acceptors (Lipinski definition) is 2. The Morgan fingerprint density at radius 3 is 2.50 bits per heavy atom. The van der Waals surface area contributed by atoms with Gasteiger partial charge in [0, 0.05) is 19.4 Å². The average Bonchev–Trinajstić information content (AvgIpc) is 2.25. The second kappa shape index (κ2) is 6.33. The number of aliphatic hydroxyl groups is 1. The summed E-state index contributed by atoms with van der Waals surface area (Å²) in [5.41, 5.74) is 1.20. The smallest absolute Gasteiger partial charge is 0.133 e. The van der Waals surface area contributed by atoms with Crippen LogP contribution in [0.2, 0.25) is 0 Å². The predicted molar refractivity (Wildman–Crippen MR) is 56.1 cm³/mol. The average molecular weight is 192 g/mol. The van der Waals surface area contributed by atoms with Crippen molar-refractivity contribution in [1.82, 2.24) is 0 Å². The summed E-state index contributed by atoms with van der Waals surface area (Å²) < 4.78 is 0. The molecule has 0 bridgehead atoms. The zero-order valence-corrected chi connectivity index (χ0v) is 8.28. The number of ketones is 1. The summed E-state index contributed by atoms with van der Waals surface area (Å²) in [7, 11) is 0. The van der Waals surface area contributed by atoms with Crippen LogP contribution >= 0.6 is 0 Å². The quantitative estimate of drug-likeness (QED) is 0.748. The van der Waals surface area contributed by atoms with Gasteiger partial charge in [-0.1, -0.05) is 30.3 Å². The van der Waals surface area contributed by atoms with Crippen LogP contribution in [0, 0.1) is 0 Å². The Bertz CT molecular complexity index is 267. The lowest BCUT2D eigenvalue weighted by Crippen LogP contribution is -2.01. The molecule has 0 saturated heterocycles. The van der Waals surface area contributed by atoms with Gasteiger partial charge < -0.3 is 5.11 Å². The molecule has 0 spiro atoms. The van der Waals surface area contributed by atoms with E-state index in [2.05, 4.69) is 0 Å². The highest BCUT2D eigenvalue weighted by Gasteiger charge is 2.01. The van der Waals surface area contributed by atoms with Gasteiger partial charge in [-0.3, -0.25) is 4.79 Å². The Morgan fingerprint density at radius 1 is 1.14 bits per heavy atom. The number of Topliss-reactive ketones (excluding diaryl/α,β-unsaturated/α-hetero) is 1. The summed E-state index contributed by atoms with van der Waals surface area (Å²) in [6, 6.07) is 9.98. The van der Waals surface area contributed by atoms with Crippen LogP contribution in [-0.4, -0.2) is 17.5 Å². The van der Waals surface area contributed by atoms with E-state index in [1.54, 1.807) is 0 Å². The van der Waals surface area contributed by atoms with E-state index in [0.29, 0.717) is 19.3 Å². The maximum Gasteiger partial charge on any atom is 0.133 e. The van der Waals surface area contributed by atoms with Crippen molar-refractivity contribution in [2.45, 2.75) is 25.7 Å². The third kappa shape index (κ3) is 4.19. The van der Waals surface area contributed by atoms with Crippen molar-refractivity contribution in [2.75, 3.05) is 6.61 Å². The lowest BCUT2D eigenvalue weighted by Gasteiger charge is -2.00. The lowest BCUT2D eigenvalue weighted by molar-refractivity contribution is -0.119. The third-order valence-electron chi connectivity index (χ3n) is 2.15. The molecule has 0 atom stereocenters. The van der Waals surface area contributed by atoms with Crippen molar-refractivity contribution in [3.8, 4) is 0 Å². The molecule has 1 aromatic carbocycles. The molecule has 1 N–H and O–H groups in total. The first-order valence-corrected chi connectivity index (χ1v) is 4.99. The van der Waals surface area contributed by atoms with Gasteiger partial charge in [-0.05, 0) is 18.4 Å². The second-order valence-electron chi connectivity index (χ2n) is 3.35. The number of aliphatic hydroxyl groups excluding tert-OH is 1. The standard InChI is InChI=1S/C12H16O2/c13-10-4-7-12(14)9-8-11-5-2-1-3-6-11/h1-3,5-6,13H,4,7-10H2. The SMILES string of the molecule is O=C(CCCO)CCc1ccccc1. The van der Waals surface area contributed by atoms with Gasteiger partial charge in [0.1, 0.15) is 5.78 Å². The van der Waals surface area contributed by atoms with Crippen LogP contribution in [0.3, 0.4) is 0 Å². The van der Waals surface area contributed by atoms with Crippen molar-refractivity contribution in [3.05, 3.63) is 35.9 Å². The van der Waals surface area contributed by atoms with Gasteiger partial charge in [0.05, 0.1) is 0 Å². The van der Waals surface area contributed by atoms with Crippen LogP contribution in [0.1, 0.15) is 24.8 Å². The first kappa shape index (κ1) is 10.9. The number of carbonyl (C=O) groups is 1. The van der Waals surface area contributed by atoms with Crippen LogP contribution in [0.15, 0.2) is 30.3 Å². The summed E-state index contributed by atoms with van der Waals surface area (Å²) in [5, 5.41) is 8.55. The van der Waals surface area contributed by atoms with Crippen molar-refractivity contribution in [3.63, 3.8) is 0 Å². The number of aryl methyl sites for hydroxylation is 1. The van der Waals surface area contributed by atoms with Crippen LogP contribution in [-0.2, 0) is 11.2 Å². The van der Waals surface area contributed by atoms with Gasteiger partial charge in [0.2, 0.25) is 0 Å². The van der Waals surface area contributed by atoms with Crippen molar-refractivity contribution >= 4 is 5.78 Å². The molecule has 0 unspecified atom stereocenters. The Kier molecular flexibility index (Phi) is 4.94. The molecular weight excluding hydrogens is 176 g/mol. The highest BCUT2D eigenvalue weighted by molar-refractivity contribution is 5.78. The second-order valence-corrected chi connectivity index (χ2v) is 3.35. The first-order chi connectivity index (χ1) is 6.83. The van der Waals surface area contributed by atoms with E-state index in [1.807, 2.05) is 30.3 Å². The van der Waals surface area contributed by atoms with Crippen LogP contribution in [0.4, 0.5) is 0 Å². The highest BCUT2D eigenvalue weighted by atomic mass is 16.3. The monoisotopic (exact) mass is 192 g/mol. The molecule has 0 aliphatic heterocycles. The molecule has 0 radical (unpaired) electrons. The summed E-state index contributed by atoms with van der Waals surface area (Å²) in [4.78, 5) is 11.3. The van der Waals surface area contributed by atoms with E-state index in [1.165, 1.54) is 5.56 Å². The largest absolute Gasteiger partial charge is 0.396 e. The molecule has 2 nitrogen and oxygen atoms in total. The molecule has 76 valence electrons. The van der Waals surface area contributed by atoms with Gasteiger partial charge in [0.25, 0.3) is 0 Å². The van der Waals surface area contributed by atoms with Gasteiger partial charge in [0.15, 0.2) is 0 Å². The summed E-state index contributed by atoms with van der Waals surface area (Å²) in [6.45, 7) is 0.108. The molecule has 1 rings (SSSR count). The normalized spacial score (nSPS) is 10.1. The summed E-state index contributed by atoms with van der Waals surface area (Å²) in [6.07, 6.45) is 2.49. The van der Waals surface area contributed by atoms with Gasteiger partial charge in [-0.15, -0.1) is 0 Å². The number of benzene rings is 1. The zero-order chi connectivity index (χ0) is 10.2. The van der Waals surface area contributed by atoms with Crippen molar-refractivity contribution < 1.29 is 9.90 Å². The molecular formula is C12H16O2. The van der Waals surface area contributed by atoms with E-state index >= 15 is 0 Å².